The number of benzene rings is 1. The van der Waals surface area contributed by atoms with Gasteiger partial charge in [0.2, 0.25) is 0 Å². The van der Waals surface area contributed by atoms with Gasteiger partial charge in [0.25, 0.3) is 0 Å². The van der Waals surface area contributed by atoms with Crippen LogP contribution >= 0.6 is 0 Å². The molecule has 0 saturated heterocycles. The first-order valence-corrected chi connectivity index (χ1v) is 7.45. The quantitative estimate of drug-likeness (QED) is 0.930. The van der Waals surface area contributed by atoms with Crippen molar-refractivity contribution in [2.24, 2.45) is 7.05 Å². The number of halogens is 3. The molecule has 1 aromatic carbocycles. The van der Waals surface area contributed by atoms with E-state index < -0.39 is 18.1 Å². The smallest absolute Gasteiger partial charge is 0.336 e. The number of aromatic nitrogens is 2. The molecule has 2 rings (SSSR count). The lowest BCUT2D eigenvalue weighted by molar-refractivity contribution is -0.174. The first kappa shape index (κ1) is 18.0. The fourth-order valence-corrected chi connectivity index (χ4v) is 2.34. The fraction of sp³-hybridized carbons (Fsp3) is 0.412. The average molecular weight is 339 g/mol. The number of carbonyl (C=O) groups is 1. The standard InChI is InChI=1S/C17H20F3N3O/c1-16(2,3)12-7-5-11(6-8-12)13(14-21-9-10-23(14)4)22-15(24)17(18,19)20/h5-10,13H,1-4H3,(H,22,24). The second kappa shape index (κ2) is 6.30. The monoisotopic (exact) mass is 339 g/mol. The van der Waals surface area contributed by atoms with Gasteiger partial charge in [-0.05, 0) is 16.5 Å². The largest absolute Gasteiger partial charge is 0.471 e. The number of alkyl halides is 3. The van der Waals surface area contributed by atoms with Gasteiger partial charge in [0.1, 0.15) is 11.9 Å². The van der Waals surface area contributed by atoms with Crippen molar-refractivity contribution in [3.05, 3.63) is 53.6 Å². The van der Waals surface area contributed by atoms with Crippen LogP contribution in [0.5, 0.6) is 0 Å². The first-order valence-electron chi connectivity index (χ1n) is 7.45. The van der Waals surface area contributed by atoms with Gasteiger partial charge in [0, 0.05) is 19.4 Å². The van der Waals surface area contributed by atoms with Crippen LogP contribution in [0.1, 0.15) is 43.8 Å². The van der Waals surface area contributed by atoms with E-state index in [0.29, 0.717) is 11.4 Å². The van der Waals surface area contributed by atoms with Gasteiger partial charge in [0.05, 0.1) is 0 Å². The number of nitrogens with one attached hydrogen (secondary N) is 1. The van der Waals surface area contributed by atoms with Crippen LogP contribution in [0.4, 0.5) is 13.2 Å². The van der Waals surface area contributed by atoms with Gasteiger partial charge < -0.3 is 9.88 Å². The summed E-state index contributed by atoms with van der Waals surface area (Å²) in [4.78, 5) is 15.5. The molecule has 1 aromatic heterocycles. The summed E-state index contributed by atoms with van der Waals surface area (Å²) in [5.74, 6) is -1.66. The topological polar surface area (TPSA) is 46.9 Å². The summed E-state index contributed by atoms with van der Waals surface area (Å²) in [5, 5.41) is 2.03. The van der Waals surface area contributed by atoms with E-state index >= 15 is 0 Å². The highest BCUT2D eigenvalue weighted by Crippen LogP contribution is 2.27. The van der Waals surface area contributed by atoms with Gasteiger partial charge in [0.15, 0.2) is 0 Å². The molecule has 1 heterocycles. The molecule has 0 radical (unpaired) electrons. The molecule has 24 heavy (non-hydrogen) atoms. The Labute approximate surface area is 138 Å². The van der Waals surface area contributed by atoms with Gasteiger partial charge in [-0.1, -0.05) is 45.0 Å². The van der Waals surface area contributed by atoms with Crippen molar-refractivity contribution in [1.29, 1.82) is 0 Å². The lowest BCUT2D eigenvalue weighted by Gasteiger charge is -2.22. The molecule has 0 saturated carbocycles. The summed E-state index contributed by atoms with van der Waals surface area (Å²) in [6.07, 6.45) is -1.86. The van der Waals surface area contributed by atoms with Crippen molar-refractivity contribution in [2.45, 2.75) is 38.4 Å². The SMILES string of the molecule is Cn1ccnc1C(NC(=O)C(F)(F)F)c1ccc(C(C)(C)C)cc1. The number of rotatable bonds is 3. The van der Waals surface area contributed by atoms with Crippen LogP contribution in [0.3, 0.4) is 0 Å². The van der Waals surface area contributed by atoms with Crippen LogP contribution in [0.15, 0.2) is 36.7 Å². The Kier molecular flexibility index (Phi) is 4.73. The number of aryl methyl sites for hydroxylation is 1. The van der Waals surface area contributed by atoms with Crippen molar-refractivity contribution in [3.8, 4) is 0 Å². The first-order chi connectivity index (χ1) is 11.0. The second-order valence-corrected chi connectivity index (χ2v) is 6.67. The second-order valence-electron chi connectivity index (χ2n) is 6.67. The molecule has 2 aromatic rings. The molecule has 0 bridgehead atoms. The molecule has 130 valence electrons. The number of hydrogen-bond donors (Lipinski definition) is 1. The van der Waals surface area contributed by atoms with E-state index in [1.807, 2.05) is 38.2 Å². The molecule has 1 atom stereocenters. The molecule has 1 N–H and O–H groups in total. The normalized spacial score (nSPS) is 13.6. The van der Waals surface area contributed by atoms with E-state index in [0.717, 1.165) is 5.56 Å². The Hall–Kier alpha value is -2.31. The van der Waals surface area contributed by atoms with Gasteiger partial charge >= 0.3 is 12.1 Å². The maximum absolute atomic E-state index is 12.6. The zero-order valence-corrected chi connectivity index (χ0v) is 14.0. The number of imidazole rings is 1. The molecule has 0 spiro atoms. The minimum atomic E-state index is -4.95. The van der Waals surface area contributed by atoms with Crippen LogP contribution in [0.25, 0.3) is 0 Å². The third-order valence-corrected chi connectivity index (χ3v) is 3.76. The van der Waals surface area contributed by atoms with Crippen LogP contribution in [-0.4, -0.2) is 21.6 Å². The minimum absolute atomic E-state index is 0.0769. The summed E-state index contributed by atoms with van der Waals surface area (Å²) in [6.45, 7) is 6.14. The van der Waals surface area contributed by atoms with Gasteiger partial charge in [-0.15, -0.1) is 0 Å². The lowest BCUT2D eigenvalue weighted by Crippen LogP contribution is -2.40. The Balaban J connectivity index is 2.40. The maximum atomic E-state index is 12.6. The highest BCUT2D eigenvalue weighted by molar-refractivity contribution is 5.82. The Morgan fingerprint density at radius 1 is 1.17 bits per heavy atom. The molecule has 0 fully saturated rings. The predicted molar refractivity (Wildman–Crippen MR) is 84.4 cm³/mol. The summed E-state index contributed by atoms with van der Waals surface area (Å²) in [7, 11) is 1.67. The molecule has 1 amide bonds. The summed E-state index contributed by atoms with van der Waals surface area (Å²) in [6, 6.07) is 6.16. The van der Waals surface area contributed by atoms with E-state index in [-0.39, 0.29) is 5.41 Å². The van der Waals surface area contributed by atoms with Crippen molar-refractivity contribution < 1.29 is 18.0 Å². The molecule has 4 nitrogen and oxygen atoms in total. The predicted octanol–water partition coefficient (Wildman–Crippen LogP) is 3.49. The number of nitrogens with zero attached hydrogens (tertiary/aromatic N) is 2. The Bertz CT molecular complexity index is 712. The molecule has 0 aliphatic rings. The van der Waals surface area contributed by atoms with E-state index in [1.165, 1.54) is 6.20 Å². The number of amides is 1. The van der Waals surface area contributed by atoms with Crippen molar-refractivity contribution in [1.82, 2.24) is 14.9 Å². The third-order valence-electron chi connectivity index (χ3n) is 3.76. The van der Waals surface area contributed by atoms with E-state index in [1.54, 1.807) is 29.9 Å². The molecular formula is C17H20F3N3O. The summed E-state index contributed by atoms with van der Waals surface area (Å²) in [5.41, 5.74) is 1.51. The van der Waals surface area contributed by atoms with Crippen LogP contribution < -0.4 is 5.32 Å². The Morgan fingerprint density at radius 3 is 2.17 bits per heavy atom. The highest BCUT2D eigenvalue weighted by Gasteiger charge is 2.40. The molecule has 0 aliphatic carbocycles. The third kappa shape index (κ3) is 3.96. The maximum Gasteiger partial charge on any atom is 0.471 e. The van der Waals surface area contributed by atoms with E-state index in [4.69, 9.17) is 0 Å². The van der Waals surface area contributed by atoms with Gasteiger partial charge in [-0.3, -0.25) is 4.79 Å². The molecule has 7 heteroatoms. The van der Waals surface area contributed by atoms with E-state index in [2.05, 4.69) is 4.98 Å². The fourth-order valence-electron chi connectivity index (χ4n) is 2.34. The average Bonchev–Trinajstić information content (AvgIpc) is 2.88. The van der Waals surface area contributed by atoms with Gasteiger partial charge in [-0.25, -0.2) is 4.98 Å². The molecule has 0 aliphatic heterocycles. The van der Waals surface area contributed by atoms with Crippen molar-refractivity contribution >= 4 is 5.91 Å². The molecular weight excluding hydrogens is 319 g/mol. The minimum Gasteiger partial charge on any atom is -0.336 e. The lowest BCUT2D eigenvalue weighted by atomic mass is 9.86. The molecule has 1 unspecified atom stereocenters. The van der Waals surface area contributed by atoms with Gasteiger partial charge in [-0.2, -0.15) is 13.2 Å². The summed E-state index contributed by atoms with van der Waals surface area (Å²) < 4.78 is 39.5. The zero-order chi connectivity index (χ0) is 18.1. The van der Waals surface area contributed by atoms with Crippen LogP contribution in [0.2, 0.25) is 0 Å². The Morgan fingerprint density at radius 2 is 1.75 bits per heavy atom. The number of hydrogen-bond acceptors (Lipinski definition) is 2. The summed E-state index contributed by atoms with van der Waals surface area (Å²) >= 11 is 0. The highest BCUT2D eigenvalue weighted by atomic mass is 19.4. The number of carbonyl (C=O) groups excluding carboxylic acids is 1. The van der Waals surface area contributed by atoms with Crippen molar-refractivity contribution in [3.63, 3.8) is 0 Å². The van der Waals surface area contributed by atoms with E-state index in [9.17, 15) is 18.0 Å². The zero-order valence-electron chi connectivity index (χ0n) is 14.0. The van der Waals surface area contributed by atoms with Crippen molar-refractivity contribution in [2.75, 3.05) is 0 Å². The van der Waals surface area contributed by atoms with Crippen LogP contribution in [0, 0.1) is 0 Å². The van der Waals surface area contributed by atoms with Crippen LogP contribution in [-0.2, 0) is 17.3 Å².